The Hall–Kier alpha value is -2.85. The zero-order chi connectivity index (χ0) is 19.3. The number of nitrogens with zero attached hydrogens (tertiary/aromatic N) is 7. The number of anilines is 1. The van der Waals surface area contributed by atoms with E-state index < -0.39 is 0 Å². The summed E-state index contributed by atoms with van der Waals surface area (Å²) in [7, 11) is 1.91. The van der Waals surface area contributed by atoms with Crippen LogP contribution in [0, 0.1) is 6.92 Å². The van der Waals surface area contributed by atoms with Crippen LogP contribution in [0.1, 0.15) is 12.6 Å². The number of hydrogen-bond donors (Lipinski definition) is 1. The van der Waals surface area contributed by atoms with E-state index in [1.54, 1.807) is 6.20 Å². The van der Waals surface area contributed by atoms with E-state index in [0.29, 0.717) is 13.2 Å². The predicted molar refractivity (Wildman–Crippen MR) is 107 cm³/mol. The van der Waals surface area contributed by atoms with Gasteiger partial charge in [-0.2, -0.15) is 9.47 Å². The van der Waals surface area contributed by atoms with Gasteiger partial charge >= 0.3 is 0 Å². The summed E-state index contributed by atoms with van der Waals surface area (Å²) < 4.78 is 13.1. The number of rotatable bonds is 3. The smallest absolute Gasteiger partial charge is 0.130 e. The molecule has 0 aliphatic carbocycles. The second-order valence-corrected chi connectivity index (χ2v) is 7.75. The second-order valence-electron chi connectivity index (χ2n) is 6.97. The summed E-state index contributed by atoms with van der Waals surface area (Å²) in [5, 5.41) is 15.5. The Morgan fingerprint density at radius 1 is 1.36 bits per heavy atom. The van der Waals surface area contributed by atoms with E-state index in [1.165, 1.54) is 11.5 Å². The van der Waals surface area contributed by atoms with Crippen molar-refractivity contribution >= 4 is 27.6 Å². The van der Waals surface area contributed by atoms with E-state index in [-0.39, 0.29) is 6.04 Å². The summed E-state index contributed by atoms with van der Waals surface area (Å²) in [5.41, 5.74) is 5.45. The van der Waals surface area contributed by atoms with Gasteiger partial charge in [0.25, 0.3) is 0 Å². The van der Waals surface area contributed by atoms with Crippen molar-refractivity contribution in [2.24, 2.45) is 7.05 Å². The Morgan fingerprint density at radius 2 is 2.25 bits per heavy atom. The third kappa shape index (κ3) is 2.68. The fourth-order valence-corrected chi connectivity index (χ4v) is 4.54. The van der Waals surface area contributed by atoms with E-state index in [4.69, 9.17) is 9.72 Å². The first-order valence-corrected chi connectivity index (χ1v) is 9.92. The van der Waals surface area contributed by atoms with Gasteiger partial charge in [0.05, 0.1) is 41.0 Å². The average molecular weight is 396 g/mol. The zero-order valence-corrected chi connectivity index (χ0v) is 16.7. The molecule has 1 aliphatic heterocycles. The molecule has 0 spiro atoms. The van der Waals surface area contributed by atoms with E-state index in [0.717, 1.165) is 50.9 Å². The maximum absolute atomic E-state index is 5.61. The lowest BCUT2D eigenvalue weighted by Gasteiger charge is -2.34. The standard InChI is InChI=1S/C18H20N8OS/c1-10-9-27-7-6-26(10)14-8-12(17-11(2)21-24-25(17)3)18-16(20-14)15(23-28-18)13-4-5-19-22-13/h4-5,8,10H,6-7,9H2,1-3H3,(H,19,22). The number of morpholine rings is 1. The number of fused-ring (bicyclic) bond motifs is 1. The van der Waals surface area contributed by atoms with Crippen LogP contribution in [0.3, 0.4) is 0 Å². The van der Waals surface area contributed by atoms with Crippen LogP contribution >= 0.6 is 11.5 Å². The fourth-order valence-electron chi connectivity index (χ4n) is 3.69. The molecule has 0 aromatic carbocycles. The summed E-state index contributed by atoms with van der Waals surface area (Å²) in [6, 6.07) is 4.29. The minimum atomic E-state index is 0.250. The highest BCUT2D eigenvalue weighted by Gasteiger charge is 2.25. The summed E-state index contributed by atoms with van der Waals surface area (Å²) in [6.07, 6.45) is 1.73. The third-order valence-electron chi connectivity index (χ3n) is 5.08. The van der Waals surface area contributed by atoms with Crippen molar-refractivity contribution in [3.63, 3.8) is 0 Å². The first kappa shape index (κ1) is 17.3. The maximum Gasteiger partial charge on any atom is 0.130 e. The third-order valence-corrected chi connectivity index (χ3v) is 5.95. The minimum absolute atomic E-state index is 0.250. The molecule has 28 heavy (non-hydrogen) atoms. The number of aromatic amines is 1. The van der Waals surface area contributed by atoms with Crippen LogP contribution in [0.25, 0.3) is 32.9 Å². The molecular formula is C18H20N8OS. The maximum atomic E-state index is 5.61. The Labute approximate surface area is 165 Å². The SMILES string of the molecule is Cc1nnn(C)c1-c1cc(N2CCOCC2C)nc2c(-c3ccn[nH]3)nsc12. The zero-order valence-electron chi connectivity index (χ0n) is 15.9. The quantitative estimate of drug-likeness (QED) is 0.568. The van der Waals surface area contributed by atoms with Crippen molar-refractivity contribution in [2.45, 2.75) is 19.9 Å². The van der Waals surface area contributed by atoms with Crippen LogP contribution in [-0.2, 0) is 11.8 Å². The molecule has 5 rings (SSSR count). The molecule has 4 aromatic rings. The molecule has 1 saturated heterocycles. The van der Waals surface area contributed by atoms with E-state index in [9.17, 15) is 0 Å². The number of nitrogens with one attached hydrogen (secondary N) is 1. The Bertz CT molecular complexity index is 1110. The lowest BCUT2D eigenvalue weighted by molar-refractivity contribution is 0.0986. The van der Waals surface area contributed by atoms with E-state index in [1.807, 2.05) is 24.7 Å². The molecular weight excluding hydrogens is 376 g/mol. The van der Waals surface area contributed by atoms with Gasteiger partial charge in [-0.3, -0.25) is 5.10 Å². The molecule has 0 amide bonds. The van der Waals surface area contributed by atoms with Gasteiger partial charge in [-0.05, 0) is 37.5 Å². The van der Waals surface area contributed by atoms with Gasteiger partial charge in [0.15, 0.2) is 0 Å². The molecule has 1 atom stereocenters. The molecule has 0 bridgehead atoms. The molecule has 10 heteroatoms. The Balaban J connectivity index is 1.78. The molecule has 4 aromatic heterocycles. The average Bonchev–Trinajstić information content (AvgIpc) is 3.42. The lowest BCUT2D eigenvalue weighted by Crippen LogP contribution is -2.44. The predicted octanol–water partition coefficient (Wildman–Crippen LogP) is 2.41. The van der Waals surface area contributed by atoms with Crippen molar-refractivity contribution in [3.05, 3.63) is 24.0 Å². The van der Waals surface area contributed by atoms with Crippen LogP contribution in [0.5, 0.6) is 0 Å². The largest absolute Gasteiger partial charge is 0.377 e. The second kappa shape index (κ2) is 6.64. The van der Waals surface area contributed by atoms with Crippen molar-refractivity contribution < 1.29 is 4.74 Å². The van der Waals surface area contributed by atoms with Gasteiger partial charge in [-0.1, -0.05) is 5.21 Å². The van der Waals surface area contributed by atoms with Gasteiger partial charge in [0, 0.05) is 25.4 Å². The first-order chi connectivity index (χ1) is 13.6. The van der Waals surface area contributed by atoms with Gasteiger partial charge in [0.2, 0.25) is 0 Å². The summed E-state index contributed by atoms with van der Waals surface area (Å²) >= 11 is 1.44. The number of ether oxygens (including phenoxy) is 1. The number of aromatic nitrogens is 7. The molecule has 5 heterocycles. The lowest BCUT2D eigenvalue weighted by atomic mass is 10.1. The van der Waals surface area contributed by atoms with Gasteiger partial charge in [-0.25, -0.2) is 9.67 Å². The van der Waals surface area contributed by atoms with Crippen molar-refractivity contribution in [1.29, 1.82) is 0 Å². The summed E-state index contributed by atoms with van der Waals surface area (Å²) in [5.74, 6) is 0.917. The number of aryl methyl sites for hydroxylation is 2. The molecule has 1 N–H and O–H groups in total. The minimum Gasteiger partial charge on any atom is -0.377 e. The highest BCUT2D eigenvalue weighted by molar-refractivity contribution is 7.14. The Morgan fingerprint density at radius 3 is 2.96 bits per heavy atom. The number of H-pyrrole nitrogens is 1. The van der Waals surface area contributed by atoms with Crippen LogP contribution in [0.2, 0.25) is 0 Å². The molecule has 1 fully saturated rings. The highest BCUT2D eigenvalue weighted by Crippen LogP contribution is 2.39. The first-order valence-electron chi connectivity index (χ1n) is 9.14. The molecule has 1 aliphatic rings. The van der Waals surface area contributed by atoms with Crippen LogP contribution in [0.15, 0.2) is 18.3 Å². The van der Waals surface area contributed by atoms with Gasteiger partial charge in [-0.15, -0.1) is 5.10 Å². The molecule has 9 nitrogen and oxygen atoms in total. The van der Waals surface area contributed by atoms with E-state index >= 15 is 0 Å². The molecule has 1 unspecified atom stereocenters. The molecule has 0 saturated carbocycles. The monoisotopic (exact) mass is 396 g/mol. The number of pyridine rings is 1. The van der Waals surface area contributed by atoms with Crippen molar-refractivity contribution in [1.82, 2.24) is 34.5 Å². The fraction of sp³-hybridized carbons (Fsp3) is 0.389. The summed E-state index contributed by atoms with van der Waals surface area (Å²) in [4.78, 5) is 7.31. The number of hydrogen-bond acceptors (Lipinski definition) is 8. The normalized spacial score (nSPS) is 17.5. The van der Waals surface area contributed by atoms with E-state index in [2.05, 4.69) is 42.8 Å². The van der Waals surface area contributed by atoms with Crippen LogP contribution in [-0.4, -0.2) is 60.3 Å². The summed E-state index contributed by atoms with van der Waals surface area (Å²) in [6.45, 7) is 6.32. The van der Waals surface area contributed by atoms with Crippen LogP contribution < -0.4 is 4.90 Å². The van der Waals surface area contributed by atoms with Gasteiger partial charge in [0.1, 0.15) is 17.0 Å². The topological polar surface area (TPSA) is 97.6 Å². The highest BCUT2D eigenvalue weighted by atomic mass is 32.1. The Kier molecular flexibility index (Phi) is 4.09. The van der Waals surface area contributed by atoms with Crippen LogP contribution in [0.4, 0.5) is 5.82 Å². The van der Waals surface area contributed by atoms with Crippen molar-refractivity contribution in [3.8, 4) is 22.6 Å². The molecule has 144 valence electrons. The molecule has 0 radical (unpaired) electrons. The van der Waals surface area contributed by atoms with Gasteiger partial charge < -0.3 is 9.64 Å². The van der Waals surface area contributed by atoms with Crippen molar-refractivity contribution in [2.75, 3.05) is 24.7 Å².